The molecular weight excluding hydrogens is 266 g/mol. The van der Waals surface area contributed by atoms with Crippen molar-refractivity contribution < 1.29 is 9.90 Å². The summed E-state index contributed by atoms with van der Waals surface area (Å²) in [5.74, 6) is -0.0367. The third kappa shape index (κ3) is 2.59. The van der Waals surface area contributed by atoms with Gasteiger partial charge in [-0.1, -0.05) is 6.07 Å². The highest BCUT2D eigenvalue weighted by atomic mass is 16.4. The average molecular weight is 283 g/mol. The van der Waals surface area contributed by atoms with Crippen LogP contribution in [0.1, 0.15) is 32.9 Å². The number of carboxylic acid groups (broad SMARTS) is 1. The van der Waals surface area contributed by atoms with Crippen LogP contribution in [0.25, 0.3) is 0 Å². The van der Waals surface area contributed by atoms with Crippen LogP contribution in [-0.4, -0.2) is 27.6 Å². The first-order valence-electron chi connectivity index (χ1n) is 6.95. The maximum absolute atomic E-state index is 11.1. The fourth-order valence-corrected chi connectivity index (χ4v) is 2.57. The SMILES string of the molecule is Cc1ncc(N2CCc3ccc(C(=O)O)cc3C2)nc1C. The number of aromatic carboxylic acids is 1. The Kier molecular flexibility index (Phi) is 3.33. The zero-order valence-corrected chi connectivity index (χ0v) is 12.1. The Bertz CT molecular complexity index is 713. The molecule has 1 aromatic carbocycles. The molecule has 0 unspecified atom stereocenters. The number of hydrogen-bond acceptors (Lipinski definition) is 4. The Morgan fingerprint density at radius 1 is 1.24 bits per heavy atom. The van der Waals surface area contributed by atoms with Crippen molar-refractivity contribution in [3.05, 3.63) is 52.5 Å². The molecule has 3 rings (SSSR count). The lowest BCUT2D eigenvalue weighted by atomic mass is 9.97. The van der Waals surface area contributed by atoms with Crippen molar-refractivity contribution >= 4 is 11.8 Å². The molecule has 0 bridgehead atoms. The monoisotopic (exact) mass is 283 g/mol. The molecule has 1 aliphatic heterocycles. The molecule has 0 saturated heterocycles. The minimum Gasteiger partial charge on any atom is -0.478 e. The Hall–Kier alpha value is -2.43. The summed E-state index contributed by atoms with van der Waals surface area (Å²) in [6, 6.07) is 5.35. The first kappa shape index (κ1) is 13.5. The van der Waals surface area contributed by atoms with Crippen molar-refractivity contribution in [2.45, 2.75) is 26.8 Å². The van der Waals surface area contributed by atoms with Gasteiger partial charge in [-0.2, -0.15) is 0 Å². The average Bonchev–Trinajstić information content (AvgIpc) is 2.49. The number of nitrogens with zero attached hydrogens (tertiary/aromatic N) is 3. The Labute approximate surface area is 123 Å². The van der Waals surface area contributed by atoms with Gasteiger partial charge >= 0.3 is 5.97 Å². The van der Waals surface area contributed by atoms with E-state index in [1.54, 1.807) is 18.3 Å². The summed E-state index contributed by atoms with van der Waals surface area (Å²) in [4.78, 5) is 22.2. The molecule has 5 heteroatoms. The van der Waals surface area contributed by atoms with Crippen LogP contribution in [-0.2, 0) is 13.0 Å². The molecular formula is C16H17N3O2. The molecule has 5 nitrogen and oxygen atoms in total. The van der Waals surface area contributed by atoms with E-state index in [0.717, 1.165) is 35.7 Å². The molecule has 0 spiro atoms. The Balaban J connectivity index is 1.90. The molecule has 1 aromatic heterocycles. The van der Waals surface area contributed by atoms with Gasteiger partial charge in [0.15, 0.2) is 0 Å². The van der Waals surface area contributed by atoms with Gasteiger partial charge in [-0.15, -0.1) is 0 Å². The summed E-state index contributed by atoms with van der Waals surface area (Å²) in [6.07, 6.45) is 2.68. The first-order valence-corrected chi connectivity index (χ1v) is 6.95. The van der Waals surface area contributed by atoms with Crippen LogP contribution < -0.4 is 4.90 Å². The van der Waals surface area contributed by atoms with Crippen LogP contribution in [0.15, 0.2) is 24.4 Å². The van der Waals surface area contributed by atoms with E-state index in [1.165, 1.54) is 5.56 Å². The van der Waals surface area contributed by atoms with E-state index in [1.807, 2.05) is 19.9 Å². The van der Waals surface area contributed by atoms with Crippen LogP contribution in [0, 0.1) is 13.8 Å². The molecule has 0 saturated carbocycles. The second-order valence-electron chi connectivity index (χ2n) is 5.36. The van der Waals surface area contributed by atoms with E-state index in [0.29, 0.717) is 12.1 Å². The van der Waals surface area contributed by atoms with Crippen LogP contribution >= 0.6 is 0 Å². The van der Waals surface area contributed by atoms with Gasteiger partial charge in [-0.25, -0.2) is 9.78 Å². The van der Waals surface area contributed by atoms with E-state index in [-0.39, 0.29) is 0 Å². The van der Waals surface area contributed by atoms with Crippen LogP contribution in [0.3, 0.4) is 0 Å². The molecule has 0 radical (unpaired) electrons. The zero-order valence-electron chi connectivity index (χ0n) is 12.1. The number of carbonyl (C=O) groups is 1. The highest BCUT2D eigenvalue weighted by Gasteiger charge is 2.19. The van der Waals surface area contributed by atoms with Crippen molar-refractivity contribution in [2.75, 3.05) is 11.4 Å². The van der Waals surface area contributed by atoms with Crippen LogP contribution in [0.4, 0.5) is 5.82 Å². The smallest absolute Gasteiger partial charge is 0.335 e. The van der Waals surface area contributed by atoms with Crippen molar-refractivity contribution in [1.82, 2.24) is 9.97 Å². The number of carboxylic acids is 1. The molecule has 21 heavy (non-hydrogen) atoms. The number of benzene rings is 1. The third-order valence-electron chi connectivity index (χ3n) is 3.97. The predicted octanol–water partition coefficient (Wildman–Crippen LogP) is 2.35. The quantitative estimate of drug-likeness (QED) is 0.916. The van der Waals surface area contributed by atoms with Gasteiger partial charge in [0.1, 0.15) is 5.82 Å². The minimum atomic E-state index is -0.888. The van der Waals surface area contributed by atoms with Gasteiger partial charge in [0, 0.05) is 13.1 Å². The van der Waals surface area contributed by atoms with Gasteiger partial charge in [0.25, 0.3) is 0 Å². The Morgan fingerprint density at radius 2 is 2.05 bits per heavy atom. The second kappa shape index (κ2) is 5.16. The van der Waals surface area contributed by atoms with E-state index in [2.05, 4.69) is 14.9 Å². The minimum absolute atomic E-state index is 0.335. The lowest BCUT2D eigenvalue weighted by Crippen LogP contribution is -2.31. The predicted molar refractivity (Wildman–Crippen MR) is 79.7 cm³/mol. The lowest BCUT2D eigenvalue weighted by Gasteiger charge is -2.30. The second-order valence-corrected chi connectivity index (χ2v) is 5.36. The van der Waals surface area contributed by atoms with Gasteiger partial charge < -0.3 is 10.0 Å². The van der Waals surface area contributed by atoms with E-state index >= 15 is 0 Å². The highest BCUT2D eigenvalue weighted by Crippen LogP contribution is 2.24. The summed E-state index contributed by atoms with van der Waals surface area (Å²) in [5, 5.41) is 9.10. The van der Waals surface area contributed by atoms with E-state index in [4.69, 9.17) is 5.11 Å². The normalized spacial score (nSPS) is 13.9. The standard InChI is InChI=1S/C16H17N3O2/c1-10-11(2)18-15(8-17-10)19-6-5-12-3-4-13(16(20)21)7-14(12)9-19/h3-4,7-8H,5-6,9H2,1-2H3,(H,20,21). The summed E-state index contributed by atoms with van der Waals surface area (Å²) in [6.45, 7) is 5.44. The molecule has 0 aliphatic carbocycles. The topological polar surface area (TPSA) is 66.3 Å². The number of aryl methyl sites for hydroxylation is 2. The van der Waals surface area contributed by atoms with Crippen molar-refractivity contribution in [3.63, 3.8) is 0 Å². The van der Waals surface area contributed by atoms with Crippen LogP contribution in [0.5, 0.6) is 0 Å². The molecule has 0 atom stereocenters. The molecule has 1 aliphatic rings. The summed E-state index contributed by atoms with van der Waals surface area (Å²) >= 11 is 0. The zero-order chi connectivity index (χ0) is 15.0. The molecule has 0 amide bonds. The van der Waals surface area contributed by atoms with Crippen LogP contribution in [0.2, 0.25) is 0 Å². The largest absolute Gasteiger partial charge is 0.478 e. The Morgan fingerprint density at radius 3 is 2.76 bits per heavy atom. The fraction of sp³-hybridized carbons (Fsp3) is 0.312. The molecule has 108 valence electrons. The molecule has 1 N–H and O–H groups in total. The van der Waals surface area contributed by atoms with E-state index in [9.17, 15) is 4.79 Å². The molecule has 0 fully saturated rings. The summed E-state index contributed by atoms with van der Waals surface area (Å²) in [7, 11) is 0. The maximum atomic E-state index is 11.1. The molecule has 2 heterocycles. The van der Waals surface area contributed by atoms with Crippen molar-refractivity contribution in [2.24, 2.45) is 0 Å². The number of fused-ring (bicyclic) bond motifs is 1. The summed E-state index contributed by atoms with van der Waals surface area (Å²) in [5.41, 5.74) is 4.47. The number of anilines is 1. The number of rotatable bonds is 2. The lowest BCUT2D eigenvalue weighted by molar-refractivity contribution is 0.0696. The van der Waals surface area contributed by atoms with Crippen molar-refractivity contribution in [1.29, 1.82) is 0 Å². The maximum Gasteiger partial charge on any atom is 0.335 e. The number of hydrogen-bond donors (Lipinski definition) is 1. The van der Waals surface area contributed by atoms with Gasteiger partial charge in [0.2, 0.25) is 0 Å². The van der Waals surface area contributed by atoms with Gasteiger partial charge in [-0.3, -0.25) is 4.98 Å². The molecule has 2 aromatic rings. The third-order valence-corrected chi connectivity index (χ3v) is 3.97. The highest BCUT2D eigenvalue weighted by molar-refractivity contribution is 5.88. The van der Waals surface area contributed by atoms with E-state index < -0.39 is 5.97 Å². The van der Waals surface area contributed by atoms with Gasteiger partial charge in [-0.05, 0) is 43.5 Å². The van der Waals surface area contributed by atoms with Gasteiger partial charge in [0.05, 0.1) is 23.1 Å². The fourth-order valence-electron chi connectivity index (χ4n) is 2.57. The van der Waals surface area contributed by atoms with Crippen molar-refractivity contribution in [3.8, 4) is 0 Å². The first-order chi connectivity index (χ1) is 10.0. The summed E-state index contributed by atoms with van der Waals surface area (Å²) < 4.78 is 0. The number of aromatic nitrogens is 2.